The average molecular weight is 370 g/mol. The Balaban J connectivity index is 1.70. The molecule has 2 N–H and O–H groups in total. The van der Waals surface area contributed by atoms with Crippen LogP contribution in [-0.2, 0) is 13.2 Å². The van der Waals surface area contributed by atoms with Gasteiger partial charge in [-0.25, -0.2) is 4.79 Å². The maximum absolute atomic E-state index is 12.4. The Labute approximate surface area is 151 Å². The topological polar surface area (TPSA) is 114 Å². The van der Waals surface area contributed by atoms with Crippen molar-refractivity contribution in [2.24, 2.45) is 0 Å². The van der Waals surface area contributed by atoms with Crippen LogP contribution in [0.4, 0.5) is 5.13 Å². The van der Waals surface area contributed by atoms with Crippen molar-refractivity contribution in [3.05, 3.63) is 58.1 Å². The highest BCUT2D eigenvalue weighted by Crippen LogP contribution is 2.28. The predicted octanol–water partition coefficient (Wildman–Crippen LogP) is 2.71. The van der Waals surface area contributed by atoms with Crippen LogP contribution in [0.15, 0.2) is 44.3 Å². The van der Waals surface area contributed by atoms with Crippen LogP contribution in [0.3, 0.4) is 0 Å². The Morgan fingerprint density at radius 3 is 3.00 bits per heavy atom. The number of rotatable bonds is 5. The van der Waals surface area contributed by atoms with E-state index in [0.717, 1.165) is 5.76 Å². The monoisotopic (exact) mass is 370 g/mol. The second-order valence-electron chi connectivity index (χ2n) is 5.56. The van der Waals surface area contributed by atoms with Crippen LogP contribution in [0.2, 0.25) is 0 Å². The zero-order valence-corrected chi connectivity index (χ0v) is 14.5. The van der Waals surface area contributed by atoms with Crippen molar-refractivity contribution < 1.29 is 13.9 Å². The standard InChI is InChI=1S/C17H14N4O4S/c1-9-14-12(10(8-22)6-18-9)5-13(16(23)25-14)15-20-21-17(26-15)19-7-11-3-2-4-24-11/h2-6,22H,7-8H2,1H3,(H,19,21). The van der Waals surface area contributed by atoms with E-state index in [0.29, 0.717) is 44.5 Å². The number of pyridine rings is 1. The number of nitrogens with one attached hydrogen (secondary N) is 1. The fraction of sp³-hybridized carbons (Fsp3) is 0.176. The summed E-state index contributed by atoms with van der Waals surface area (Å²) in [6.45, 7) is 2.00. The van der Waals surface area contributed by atoms with E-state index in [9.17, 15) is 9.90 Å². The first-order chi connectivity index (χ1) is 12.7. The summed E-state index contributed by atoms with van der Waals surface area (Å²) in [5, 5.41) is 22.4. The van der Waals surface area contributed by atoms with Crippen LogP contribution in [0.25, 0.3) is 21.5 Å². The summed E-state index contributed by atoms with van der Waals surface area (Å²) < 4.78 is 10.7. The minimum atomic E-state index is -0.522. The fourth-order valence-electron chi connectivity index (χ4n) is 2.54. The summed E-state index contributed by atoms with van der Waals surface area (Å²) in [7, 11) is 0. The van der Waals surface area contributed by atoms with Gasteiger partial charge in [-0.15, -0.1) is 10.2 Å². The molecule has 4 aromatic heterocycles. The molecule has 4 rings (SSSR count). The fourth-order valence-corrected chi connectivity index (χ4v) is 3.28. The largest absolute Gasteiger partial charge is 0.467 e. The molecule has 0 fully saturated rings. The van der Waals surface area contributed by atoms with E-state index in [-0.39, 0.29) is 6.61 Å². The number of hydrogen-bond donors (Lipinski definition) is 2. The maximum atomic E-state index is 12.4. The second kappa shape index (κ2) is 6.70. The molecular weight excluding hydrogens is 356 g/mol. The number of aliphatic hydroxyl groups excluding tert-OH is 1. The number of aromatic nitrogens is 3. The van der Waals surface area contributed by atoms with Gasteiger partial charge < -0.3 is 19.3 Å². The van der Waals surface area contributed by atoms with Crippen molar-refractivity contribution in [1.29, 1.82) is 0 Å². The van der Waals surface area contributed by atoms with Gasteiger partial charge in [0.05, 0.1) is 30.7 Å². The highest BCUT2D eigenvalue weighted by molar-refractivity contribution is 7.18. The van der Waals surface area contributed by atoms with Crippen LogP contribution in [0.5, 0.6) is 0 Å². The van der Waals surface area contributed by atoms with Crippen LogP contribution < -0.4 is 10.9 Å². The number of aryl methyl sites for hydroxylation is 1. The molecule has 4 heterocycles. The van der Waals surface area contributed by atoms with Crippen molar-refractivity contribution in [3.8, 4) is 10.6 Å². The number of hydrogen-bond acceptors (Lipinski definition) is 9. The van der Waals surface area contributed by atoms with Gasteiger partial charge in [0.1, 0.15) is 5.76 Å². The molecule has 0 spiro atoms. The van der Waals surface area contributed by atoms with E-state index < -0.39 is 5.63 Å². The number of anilines is 1. The lowest BCUT2D eigenvalue weighted by molar-refractivity contribution is 0.282. The lowest BCUT2D eigenvalue weighted by Crippen LogP contribution is -2.05. The molecule has 0 amide bonds. The van der Waals surface area contributed by atoms with Crippen LogP contribution in [-0.4, -0.2) is 20.3 Å². The van der Waals surface area contributed by atoms with Crippen molar-refractivity contribution in [2.45, 2.75) is 20.1 Å². The predicted molar refractivity (Wildman–Crippen MR) is 95.9 cm³/mol. The third-order valence-electron chi connectivity index (χ3n) is 3.86. The van der Waals surface area contributed by atoms with Crippen LogP contribution in [0.1, 0.15) is 17.0 Å². The smallest absolute Gasteiger partial charge is 0.346 e. The summed E-state index contributed by atoms with van der Waals surface area (Å²) in [5.74, 6) is 0.766. The molecule has 0 atom stereocenters. The first-order valence-electron chi connectivity index (χ1n) is 7.79. The molecule has 8 nitrogen and oxygen atoms in total. The van der Waals surface area contributed by atoms with Gasteiger partial charge in [-0.2, -0.15) is 0 Å². The molecule has 26 heavy (non-hydrogen) atoms. The molecule has 9 heteroatoms. The molecule has 4 aromatic rings. The molecule has 0 bridgehead atoms. The highest BCUT2D eigenvalue weighted by Gasteiger charge is 2.16. The van der Waals surface area contributed by atoms with E-state index in [1.54, 1.807) is 31.5 Å². The maximum Gasteiger partial charge on any atom is 0.346 e. The van der Waals surface area contributed by atoms with Gasteiger partial charge in [0.25, 0.3) is 0 Å². The van der Waals surface area contributed by atoms with Crippen molar-refractivity contribution in [3.63, 3.8) is 0 Å². The Bertz CT molecular complexity index is 1120. The van der Waals surface area contributed by atoms with Gasteiger partial charge in [0.15, 0.2) is 10.6 Å². The van der Waals surface area contributed by atoms with Gasteiger partial charge in [-0.1, -0.05) is 11.3 Å². The van der Waals surface area contributed by atoms with Crippen LogP contribution >= 0.6 is 11.3 Å². The zero-order chi connectivity index (χ0) is 18.1. The molecule has 0 saturated heterocycles. The summed E-state index contributed by atoms with van der Waals surface area (Å²) in [5.41, 5.74) is 1.30. The minimum absolute atomic E-state index is 0.205. The molecule has 0 aliphatic heterocycles. The molecule has 0 aromatic carbocycles. The molecule has 0 aliphatic carbocycles. The summed E-state index contributed by atoms with van der Waals surface area (Å²) in [4.78, 5) is 16.5. The van der Waals surface area contributed by atoms with E-state index in [2.05, 4.69) is 20.5 Å². The summed E-state index contributed by atoms with van der Waals surface area (Å²) in [6, 6.07) is 5.32. The molecule has 0 unspecified atom stereocenters. The van der Waals surface area contributed by atoms with Gasteiger partial charge in [0, 0.05) is 17.1 Å². The number of fused-ring (bicyclic) bond motifs is 1. The molecule has 132 valence electrons. The molecular formula is C17H14N4O4S. The van der Waals surface area contributed by atoms with Gasteiger partial charge in [-0.3, -0.25) is 4.98 Å². The Hall–Kier alpha value is -3.04. The Kier molecular flexibility index (Phi) is 4.23. The number of aliphatic hydroxyl groups is 1. The van der Waals surface area contributed by atoms with E-state index in [1.165, 1.54) is 11.3 Å². The zero-order valence-electron chi connectivity index (χ0n) is 13.7. The van der Waals surface area contributed by atoms with E-state index in [4.69, 9.17) is 8.83 Å². The van der Waals surface area contributed by atoms with E-state index >= 15 is 0 Å². The minimum Gasteiger partial charge on any atom is -0.467 e. The Morgan fingerprint density at radius 1 is 1.35 bits per heavy atom. The SMILES string of the molecule is Cc1ncc(CO)c2cc(-c3nnc(NCc4ccco4)s3)c(=O)oc12. The van der Waals surface area contributed by atoms with Crippen molar-refractivity contribution >= 4 is 27.4 Å². The van der Waals surface area contributed by atoms with Gasteiger partial charge in [0.2, 0.25) is 5.13 Å². The summed E-state index contributed by atoms with van der Waals surface area (Å²) >= 11 is 1.24. The molecule has 0 aliphatic rings. The normalized spacial score (nSPS) is 11.2. The quantitative estimate of drug-likeness (QED) is 0.551. The van der Waals surface area contributed by atoms with Crippen molar-refractivity contribution in [1.82, 2.24) is 15.2 Å². The van der Waals surface area contributed by atoms with Gasteiger partial charge >= 0.3 is 5.63 Å². The number of furan rings is 1. The van der Waals surface area contributed by atoms with Crippen LogP contribution in [0, 0.1) is 6.92 Å². The Morgan fingerprint density at radius 2 is 2.23 bits per heavy atom. The second-order valence-corrected chi connectivity index (χ2v) is 6.54. The number of nitrogens with zero attached hydrogens (tertiary/aromatic N) is 3. The lowest BCUT2D eigenvalue weighted by atomic mass is 10.1. The first-order valence-corrected chi connectivity index (χ1v) is 8.60. The van der Waals surface area contributed by atoms with E-state index in [1.807, 2.05) is 6.07 Å². The third-order valence-corrected chi connectivity index (χ3v) is 4.77. The lowest BCUT2D eigenvalue weighted by Gasteiger charge is -2.05. The highest BCUT2D eigenvalue weighted by atomic mass is 32.1. The average Bonchev–Trinajstić information content (AvgIpc) is 3.32. The summed E-state index contributed by atoms with van der Waals surface area (Å²) in [6.07, 6.45) is 3.16. The van der Waals surface area contributed by atoms with Gasteiger partial charge in [-0.05, 0) is 25.1 Å². The third kappa shape index (κ3) is 2.98. The molecule has 0 saturated carbocycles. The van der Waals surface area contributed by atoms with Crippen molar-refractivity contribution in [2.75, 3.05) is 5.32 Å². The first kappa shape index (κ1) is 16.4. The molecule has 0 radical (unpaired) electrons.